The molecule has 1 aromatic carbocycles. The Kier molecular flexibility index (Phi) is 4.57. The van der Waals surface area contributed by atoms with Gasteiger partial charge in [0.25, 0.3) is 0 Å². The molecule has 0 radical (unpaired) electrons. The zero-order chi connectivity index (χ0) is 13.8. The summed E-state index contributed by atoms with van der Waals surface area (Å²) in [4.78, 5) is 0. The first-order valence-electron chi connectivity index (χ1n) is 5.84. The van der Waals surface area contributed by atoms with Gasteiger partial charge in [0, 0.05) is 5.56 Å². The van der Waals surface area contributed by atoms with E-state index in [-0.39, 0.29) is 0 Å². The average Bonchev–Trinajstić information content (AvgIpc) is 2.44. The van der Waals surface area contributed by atoms with Gasteiger partial charge in [-0.05, 0) is 19.4 Å². The van der Waals surface area contributed by atoms with Crippen molar-refractivity contribution < 1.29 is 14.6 Å². The lowest BCUT2D eigenvalue weighted by Crippen LogP contribution is -2.23. The van der Waals surface area contributed by atoms with Crippen molar-refractivity contribution in [3.05, 3.63) is 23.8 Å². The summed E-state index contributed by atoms with van der Waals surface area (Å²) in [7, 11) is 3.06. The van der Waals surface area contributed by atoms with Crippen LogP contribution in [0.3, 0.4) is 0 Å². The van der Waals surface area contributed by atoms with Gasteiger partial charge in [0.2, 0.25) is 0 Å². The molecule has 4 nitrogen and oxygen atoms in total. The van der Waals surface area contributed by atoms with Crippen LogP contribution in [-0.4, -0.2) is 19.3 Å². The van der Waals surface area contributed by atoms with Crippen molar-refractivity contribution in [2.24, 2.45) is 5.41 Å². The summed E-state index contributed by atoms with van der Waals surface area (Å²) in [6.07, 6.45) is -0.372. The predicted octanol–water partition coefficient (Wildman–Crippen LogP) is 2.68. The largest absolute Gasteiger partial charge is 0.493 e. The number of nitriles is 1. The van der Waals surface area contributed by atoms with Crippen LogP contribution in [0.15, 0.2) is 18.2 Å². The van der Waals surface area contributed by atoms with Crippen molar-refractivity contribution in [3.8, 4) is 17.6 Å². The molecule has 0 aromatic heterocycles. The fourth-order valence-corrected chi connectivity index (χ4v) is 1.80. The first-order valence-corrected chi connectivity index (χ1v) is 5.84. The Morgan fingerprint density at radius 3 is 2.50 bits per heavy atom. The minimum atomic E-state index is -0.919. The SMILES string of the molecule is CCC(C)(C#N)C(O)c1cccc(OC)c1OC. The van der Waals surface area contributed by atoms with Crippen LogP contribution in [0.4, 0.5) is 0 Å². The normalized spacial score (nSPS) is 15.3. The van der Waals surface area contributed by atoms with Crippen molar-refractivity contribution in [3.63, 3.8) is 0 Å². The maximum Gasteiger partial charge on any atom is 0.166 e. The molecule has 18 heavy (non-hydrogen) atoms. The second kappa shape index (κ2) is 5.74. The van der Waals surface area contributed by atoms with Gasteiger partial charge in [-0.1, -0.05) is 19.1 Å². The van der Waals surface area contributed by atoms with E-state index in [1.807, 2.05) is 6.92 Å². The highest BCUT2D eigenvalue weighted by Crippen LogP contribution is 2.43. The number of rotatable bonds is 5. The first kappa shape index (κ1) is 14.3. The van der Waals surface area contributed by atoms with Crippen molar-refractivity contribution in [2.75, 3.05) is 14.2 Å². The molecule has 0 heterocycles. The molecule has 2 atom stereocenters. The zero-order valence-corrected chi connectivity index (χ0v) is 11.2. The predicted molar refractivity (Wildman–Crippen MR) is 68.5 cm³/mol. The molecular formula is C14H19NO3. The number of hydrogen-bond donors (Lipinski definition) is 1. The molecule has 98 valence electrons. The van der Waals surface area contributed by atoms with E-state index < -0.39 is 11.5 Å². The third-order valence-electron chi connectivity index (χ3n) is 3.32. The Bertz CT molecular complexity index is 453. The molecular weight excluding hydrogens is 230 g/mol. The molecule has 2 unspecified atom stereocenters. The van der Waals surface area contributed by atoms with E-state index >= 15 is 0 Å². The fourth-order valence-electron chi connectivity index (χ4n) is 1.80. The summed E-state index contributed by atoms with van der Waals surface area (Å²) in [6.45, 7) is 3.61. The molecule has 4 heteroatoms. The van der Waals surface area contributed by atoms with Crippen molar-refractivity contribution >= 4 is 0 Å². The average molecular weight is 249 g/mol. The van der Waals surface area contributed by atoms with E-state index in [9.17, 15) is 10.4 Å². The third kappa shape index (κ3) is 2.41. The molecule has 0 aliphatic heterocycles. The number of nitrogens with zero attached hydrogens (tertiary/aromatic N) is 1. The van der Waals surface area contributed by atoms with Crippen LogP contribution >= 0.6 is 0 Å². The van der Waals surface area contributed by atoms with Gasteiger partial charge in [-0.15, -0.1) is 0 Å². The van der Waals surface area contributed by atoms with Crippen molar-refractivity contribution in [1.29, 1.82) is 5.26 Å². The molecule has 0 aliphatic rings. The number of benzene rings is 1. The van der Waals surface area contributed by atoms with Crippen molar-refractivity contribution in [1.82, 2.24) is 0 Å². The van der Waals surface area contributed by atoms with E-state index in [0.29, 0.717) is 23.5 Å². The minimum absolute atomic E-state index is 0.474. The van der Waals surface area contributed by atoms with E-state index in [1.165, 1.54) is 14.2 Å². The monoisotopic (exact) mass is 249 g/mol. The number of aliphatic hydroxyl groups is 1. The lowest BCUT2D eigenvalue weighted by atomic mass is 9.79. The Labute approximate surface area is 108 Å². The van der Waals surface area contributed by atoms with Crippen LogP contribution in [0.5, 0.6) is 11.5 Å². The van der Waals surface area contributed by atoms with Gasteiger partial charge in [-0.3, -0.25) is 0 Å². The molecule has 0 fully saturated rings. The lowest BCUT2D eigenvalue weighted by molar-refractivity contribution is 0.0695. The number of para-hydroxylation sites is 1. The van der Waals surface area contributed by atoms with Crippen LogP contribution in [0.2, 0.25) is 0 Å². The van der Waals surface area contributed by atoms with Gasteiger partial charge in [-0.25, -0.2) is 0 Å². The molecule has 0 saturated carbocycles. The maximum absolute atomic E-state index is 10.4. The Balaban J connectivity index is 3.29. The topological polar surface area (TPSA) is 62.5 Å². The zero-order valence-electron chi connectivity index (χ0n) is 11.2. The molecule has 1 rings (SSSR count). The Hall–Kier alpha value is -1.73. The minimum Gasteiger partial charge on any atom is -0.493 e. The summed E-state index contributed by atoms with van der Waals surface area (Å²) >= 11 is 0. The van der Waals surface area contributed by atoms with Gasteiger partial charge < -0.3 is 14.6 Å². The quantitative estimate of drug-likeness (QED) is 0.871. The highest BCUT2D eigenvalue weighted by Gasteiger charge is 2.34. The molecule has 0 saturated heterocycles. The number of methoxy groups -OCH3 is 2. The van der Waals surface area contributed by atoms with Crippen LogP contribution in [0, 0.1) is 16.7 Å². The third-order valence-corrected chi connectivity index (χ3v) is 3.32. The fraction of sp³-hybridized carbons (Fsp3) is 0.500. The standard InChI is InChI=1S/C14H19NO3/c1-5-14(2,9-15)13(16)10-7-6-8-11(17-3)12(10)18-4/h6-8,13,16H,5H2,1-4H3. The van der Waals surface area contributed by atoms with Gasteiger partial charge in [0.05, 0.1) is 25.7 Å². The highest BCUT2D eigenvalue weighted by atomic mass is 16.5. The van der Waals surface area contributed by atoms with Gasteiger partial charge >= 0.3 is 0 Å². The smallest absolute Gasteiger partial charge is 0.166 e. The van der Waals surface area contributed by atoms with Gasteiger partial charge in [-0.2, -0.15) is 5.26 Å². The van der Waals surface area contributed by atoms with Crippen molar-refractivity contribution in [2.45, 2.75) is 26.4 Å². The molecule has 0 bridgehead atoms. The van der Waals surface area contributed by atoms with E-state index in [4.69, 9.17) is 9.47 Å². The highest BCUT2D eigenvalue weighted by molar-refractivity contribution is 5.48. The summed E-state index contributed by atoms with van der Waals surface area (Å²) in [6, 6.07) is 7.44. The summed E-state index contributed by atoms with van der Waals surface area (Å²) in [5.74, 6) is 1.02. The maximum atomic E-state index is 10.4. The number of aliphatic hydroxyl groups excluding tert-OH is 1. The second-order valence-corrected chi connectivity index (χ2v) is 4.37. The number of hydrogen-bond acceptors (Lipinski definition) is 4. The Morgan fingerprint density at radius 2 is 2.06 bits per heavy atom. The lowest BCUT2D eigenvalue weighted by Gasteiger charge is -2.28. The second-order valence-electron chi connectivity index (χ2n) is 4.37. The van der Waals surface area contributed by atoms with E-state index in [2.05, 4.69) is 6.07 Å². The molecule has 0 aliphatic carbocycles. The van der Waals surface area contributed by atoms with E-state index in [0.717, 1.165) is 0 Å². The van der Waals surface area contributed by atoms with Crippen LogP contribution in [0.1, 0.15) is 31.9 Å². The Morgan fingerprint density at radius 1 is 1.39 bits per heavy atom. The summed E-state index contributed by atoms with van der Waals surface area (Å²) < 4.78 is 10.5. The van der Waals surface area contributed by atoms with Crippen LogP contribution < -0.4 is 9.47 Å². The molecule has 1 aromatic rings. The molecule has 1 N–H and O–H groups in total. The van der Waals surface area contributed by atoms with Gasteiger partial charge in [0.15, 0.2) is 11.5 Å². The summed E-state index contributed by atoms with van der Waals surface area (Å²) in [5.41, 5.74) is -0.276. The summed E-state index contributed by atoms with van der Waals surface area (Å²) in [5, 5.41) is 19.6. The molecule has 0 amide bonds. The molecule has 0 spiro atoms. The van der Waals surface area contributed by atoms with Gasteiger partial charge in [0.1, 0.15) is 6.10 Å². The van der Waals surface area contributed by atoms with E-state index in [1.54, 1.807) is 25.1 Å². The van der Waals surface area contributed by atoms with Crippen LogP contribution in [0.25, 0.3) is 0 Å². The first-order chi connectivity index (χ1) is 8.53. The van der Waals surface area contributed by atoms with Crippen LogP contribution in [-0.2, 0) is 0 Å². The number of ether oxygens (including phenoxy) is 2.